The van der Waals surface area contributed by atoms with Gasteiger partial charge in [0.25, 0.3) is 0 Å². The molecule has 0 atom stereocenters. The fourth-order valence-corrected chi connectivity index (χ4v) is 3.97. The van der Waals surface area contributed by atoms with Crippen LogP contribution in [0.4, 0.5) is 0 Å². The molecule has 1 aliphatic rings. The van der Waals surface area contributed by atoms with E-state index in [-0.39, 0.29) is 5.41 Å². The molecule has 2 N–H and O–H groups in total. The average Bonchev–Trinajstić information content (AvgIpc) is 2.78. The number of rotatable bonds is 3. The third-order valence-electron chi connectivity index (χ3n) is 3.68. The zero-order valence-electron chi connectivity index (χ0n) is 9.63. The fourth-order valence-electron chi connectivity index (χ4n) is 2.80. The lowest BCUT2D eigenvalue weighted by molar-refractivity contribution is 0.445. The van der Waals surface area contributed by atoms with Crippen molar-refractivity contribution in [2.75, 3.05) is 12.8 Å². The van der Waals surface area contributed by atoms with Crippen molar-refractivity contribution < 1.29 is 0 Å². The first-order valence-corrected chi connectivity index (χ1v) is 7.37. The van der Waals surface area contributed by atoms with Gasteiger partial charge in [0.15, 0.2) is 0 Å². The molecular formula is C13H18ClNS. The molecule has 1 nitrogen and oxygen atoms in total. The third-order valence-corrected chi connectivity index (χ3v) is 4.77. The number of hydrogen-bond donors (Lipinski definition) is 1. The topological polar surface area (TPSA) is 26.0 Å². The summed E-state index contributed by atoms with van der Waals surface area (Å²) in [5.74, 6) is 0. The lowest BCUT2D eigenvalue weighted by atomic mass is 9.79. The Morgan fingerprint density at radius 3 is 2.62 bits per heavy atom. The number of halogens is 1. The van der Waals surface area contributed by atoms with Crippen molar-refractivity contribution in [3.8, 4) is 0 Å². The molecule has 0 radical (unpaired) electrons. The lowest BCUT2D eigenvalue weighted by Gasteiger charge is -2.30. The number of nitrogens with two attached hydrogens (primary N) is 1. The van der Waals surface area contributed by atoms with Gasteiger partial charge in [0, 0.05) is 21.9 Å². The number of thioether (sulfide) groups is 1. The van der Waals surface area contributed by atoms with Crippen LogP contribution in [0.5, 0.6) is 0 Å². The highest BCUT2D eigenvalue weighted by molar-refractivity contribution is 7.98. The van der Waals surface area contributed by atoms with Gasteiger partial charge in [0.2, 0.25) is 0 Å². The first kappa shape index (κ1) is 12.3. The summed E-state index contributed by atoms with van der Waals surface area (Å²) in [7, 11) is 0. The van der Waals surface area contributed by atoms with Crippen LogP contribution in [-0.2, 0) is 5.41 Å². The monoisotopic (exact) mass is 255 g/mol. The molecule has 0 aromatic heterocycles. The van der Waals surface area contributed by atoms with Crippen LogP contribution in [0.2, 0.25) is 5.02 Å². The predicted octanol–water partition coefficient (Wildman–Crippen LogP) is 3.83. The molecule has 1 aromatic carbocycles. The summed E-state index contributed by atoms with van der Waals surface area (Å²) in [6.07, 6.45) is 7.02. The first-order chi connectivity index (χ1) is 7.73. The van der Waals surface area contributed by atoms with Gasteiger partial charge >= 0.3 is 0 Å². The van der Waals surface area contributed by atoms with Gasteiger partial charge in [0.1, 0.15) is 0 Å². The standard InChI is InChI=1S/C13H18ClNS/c1-16-11-6-4-5-10(14)12(11)13(9-15)7-2-3-8-13/h4-6H,2-3,7-9,15H2,1H3. The summed E-state index contributed by atoms with van der Waals surface area (Å²) in [5, 5.41) is 0.888. The molecule has 0 amide bonds. The van der Waals surface area contributed by atoms with E-state index in [0.29, 0.717) is 6.54 Å². The molecule has 1 saturated carbocycles. The summed E-state index contributed by atoms with van der Waals surface area (Å²) in [6.45, 7) is 0.713. The molecule has 1 aliphatic carbocycles. The van der Waals surface area contributed by atoms with Crippen LogP contribution in [-0.4, -0.2) is 12.8 Å². The van der Waals surface area contributed by atoms with Crippen LogP contribution >= 0.6 is 23.4 Å². The molecular weight excluding hydrogens is 238 g/mol. The maximum absolute atomic E-state index is 6.39. The maximum Gasteiger partial charge on any atom is 0.0455 e. The van der Waals surface area contributed by atoms with E-state index in [0.717, 1.165) is 5.02 Å². The Morgan fingerprint density at radius 2 is 2.06 bits per heavy atom. The Labute approximate surface area is 107 Å². The van der Waals surface area contributed by atoms with Crippen molar-refractivity contribution in [3.05, 3.63) is 28.8 Å². The molecule has 2 rings (SSSR count). The maximum atomic E-state index is 6.39. The molecule has 0 heterocycles. The van der Waals surface area contributed by atoms with E-state index in [2.05, 4.69) is 12.3 Å². The van der Waals surface area contributed by atoms with Crippen LogP contribution in [0.3, 0.4) is 0 Å². The van der Waals surface area contributed by atoms with E-state index in [1.54, 1.807) is 11.8 Å². The smallest absolute Gasteiger partial charge is 0.0455 e. The van der Waals surface area contributed by atoms with Gasteiger partial charge in [-0.1, -0.05) is 30.5 Å². The zero-order valence-corrected chi connectivity index (χ0v) is 11.2. The van der Waals surface area contributed by atoms with Crippen LogP contribution in [0.25, 0.3) is 0 Å². The van der Waals surface area contributed by atoms with Crippen LogP contribution in [0, 0.1) is 0 Å². The molecule has 0 saturated heterocycles. The van der Waals surface area contributed by atoms with Crippen LogP contribution in [0.1, 0.15) is 31.2 Å². The van der Waals surface area contributed by atoms with Gasteiger partial charge < -0.3 is 5.73 Å². The second-order valence-electron chi connectivity index (χ2n) is 4.51. The molecule has 3 heteroatoms. The highest BCUT2D eigenvalue weighted by Crippen LogP contribution is 2.46. The van der Waals surface area contributed by atoms with Crippen molar-refractivity contribution in [3.63, 3.8) is 0 Å². The van der Waals surface area contributed by atoms with E-state index < -0.39 is 0 Å². The minimum Gasteiger partial charge on any atom is -0.330 e. The van der Waals surface area contributed by atoms with E-state index in [9.17, 15) is 0 Å². The number of benzene rings is 1. The molecule has 0 bridgehead atoms. The van der Waals surface area contributed by atoms with Crippen molar-refractivity contribution in [1.29, 1.82) is 0 Å². The second-order valence-corrected chi connectivity index (χ2v) is 5.76. The molecule has 0 unspecified atom stereocenters. The van der Waals surface area contributed by atoms with Gasteiger partial charge in [-0.3, -0.25) is 0 Å². The normalized spacial score (nSPS) is 18.9. The average molecular weight is 256 g/mol. The minimum absolute atomic E-state index is 0.136. The minimum atomic E-state index is 0.136. The van der Waals surface area contributed by atoms with Gasteiger partial charge in [-0.05, 0) is 36.8 Å². The summed E-state index contributed by atoms with van der Waals surface area (Å²) in [4.78, 5) is 1.29. The molecule has 1 aromatic rings. The first-order valence-electron chi connectivity index (χ1n) is 5.76. The van der Waals surface area contributed by atoms with Crippen molar-refractivity contribution in [1.82, 2.24) is 0 Å². The Morgan fingerprint density at radius 1 is 1.38 bits per heavy atom. The van der Waals surface area contributed by atoms with E-state index in [1.165, 1.54) is 36.1 Å². The molecule has 0 spiro atoms. The van der Waals surface area contributed by atoms with Crippen molar-refractivity contribution >= 4 is 23.4 Å². The van der Waals surface area contributed by atoms with Gasteiger partial charge in [-0.15, -0.1) is 11.8 Å². The molecule has 0 aliphatic heterocycles. The van der Waals surface area contributed by atoms with Crippen molar-refractivity contribution in [2.24, 2.45) is 5.73 Å². The Kier molecular flexibility index (Phi) is 3.83. The van der Waals surface area contributed by atoms with Crippen molar-refractivity contribution in [2.45, 2.75) is 36.0 Å². The van der Waals surface area contributed by atoms with E-state index in [1.807, 2.05) is 12.1 Å². The highest BCUT2D eigenvalue weighted by Gasteiger charge is 2.37. The molecule has 16 heavy (non-hydrogen) atoms. The summed E-state index contributed by atoms with van der Waals surface area (Å²) in [6, 6.07) is 6.17. The highest BCUT2D eigenvalue weighted by atomic mass is 35.5. The zero-order chi connectivity index (χ0) is 11.6. The quantitative estimate of drug-likeness (QED) is 0.831. The predicted molar refractivity (Wildman–Crippen MR) is 72.4 cm³/mol. The largest absolute Gasteiger partial charge is 0.330 e. The van der Waals surface area contributed by atoms with E-state index in [4.69, 9.17) is 17.3 Å². The van der Waals surface area contributed by atoms with Gasteiger partial charge in [0.05, 0.1) is 0 Å². The van der Waals surface area contributed by atoms with E-state index >= 15 is 0 Å². The Balaban J connectivity index is 2.52. The second kappa shape index (κ2) is 4.99. The Bertz CT molecular complexity index is 372. The molecule has 88 valence electrons. The SMILES string of the molecule is CSc1cccc(Cl)c1C1(CN)CCCC1. The van der Waals surface area contributed by atoms with Crippen LogP contribution < -0.4 is 5.73 Å². The third kappa shape index (κ3) is 1.99. The van der Waals surface area contributed by atoms with Gasteiger partial charge in [-0.25, -0.2) is 0 Å². The lowest BCUT2D eigenvalue weighted by Crippen LogP contribution is -2.32. The Hall–Kier alpha value is -0.180. The summed E-state index contributed by atoms with van der Waals surface area (Å²) in [5.41, 5.74) is 7.46. The molecule has 1 fully saturated rings. The fraction of sp³-hybridized carbons (Fsp3) is 0.538. The summed E-state index contributed by atoms with van der Waals surface area (Å²) < 4.78 is 0. The number of hydrogen-bond acceptors (Lipinski definition) is 2. The van der Waals surface area contributed by atoms with Crippen LogP contribution in [0.15, 0.2) is 23.1 Å². The van der Waals surface area contributed by atoms with Gasteiger partial charge in [-0.2, -0.15) is 0 Å². The summed E-state index contributed by atoms with van der Waals surface area (Å²) >= 11 is 8.16.